The first-order valence-corrected chi connectivity index (χ1v) is 9.78. The van der Waals surface area contributed by atoms with Crippen molar-refractivity contribution in [1.29, 1.82) is 0 Å². The van der Waals surface area contributed by atoms with Crippen LogP contribution in [0.2, 0.25) is 0 Å². The van der Waals surface area contributed by atoms with Crippen LogP contribution in [0.5, 0.6) is 5.75 Å². The van der Waals surface area contributed by atoms with Crippen molar-refractivity contribution in [3.8, 4) is 5.75 Å². The van der Waals surface area contributed by atoms with Crippen LogP contribution in [0.25, 0.3) is 0 Å². The molecule has 1 amide bonds. The SMILES string of the molecule is CC(Oc1ccc(F)c(F)c1)C(=O)NCc1ccc(CN2CCC(O)CC2)cc1. The second kappa shape index (κ2) is 9.80. The number of nitrogens with zero attached hydrogens (tertiary/aromatic N) is 1. The largest absolute Gasteiger partial charge is 0.481 e. The molecular weight excluding hydrogens is 378 g/mol. The van der Waals surface area contributed by atoms with Crippen molar-refractivity contribution < 1.29 is 23.4 Å². The molecule has 7 heteroatoms. The Morgan fingerprint density at radius 3 is 2.45 bits per heavy atom. The van der Waals surface area contributed by atoms with Gasteiger partial charge in [-0.25, -0.2) is 8.78 Å². The molecule has 0 radical (unpaired) electrons. The molecule has 0 spiro atoms. The third-order valence-corrected chi connectivity index (χ3v) is 5.03. The molecule has 0 bridgehead atoms. The molecular formula is C22H26F2N2O3. The van der Waals surface area contributed by atoms with Crippen LogP contribution < -0.4 is 10.1 Å². The zero-order valence-electron chi connectivity index (χ0n) is 16.4. The highest BCUT2D eigenvalue weighted by atomic mass is 19.2. The lowest BCUT2D eigenvalue weighted by Crippen LogP contribution is -2.36. The van der Waals surface area contributed by atoms with Gasteiger partial charge in [0.05, 0.1) is 6.10 Å². The van der Waals surface area contributed by atoms with E-state index < -0.39 is 17.7 Å². The highest BCUT2D eigenvalue weighted by Gasteiger charge is 2.17. The fourth-order valence-electron chi connectivity index (χ4n) is 3.24. The summed E-state index contributed by atoms with van der Waals surface area (Å²) >= 11 is 0. The van der Waals surface area contributed by atoms with Gasteiger partial charge in [-0.05, 0) is 43.0 Å². The van der Waals surface area contributed by atoms with Crippen molar-refractivity contribution in [2.45, 2.75) is 45.1 Å². The first kappa shape index (κ1) is 21.2. The van der Waals surface area contributed by atoms with Crippen molar-refractivity contribution in [2.24, 2.45) is 0 Å². The molecule has 1 fully saturated rings. The average molecular weight is 404 g/mol. The molecule has 2 aromatic carbocycles. The summed E-state index contributed by atoms with van der Waals surface area (Å²) in [7, 11) is 0. The van der Waals surface area contributed by atoms with E-state index in [1.165, 1.54) is 11.6 Å². The van der Waals surface area contributed by atoms with Crippen LogP contribution in [0.4, 0.5) is 8.78 Å². The third kappa shape index (κ3) is 6.24. The van der Waals surface area contributed by atoms with E-state index in [1.807, 2.05) is 24.3 Å². The Bertz CT molecular complexity index is 821. The smallest absolute Gasteiger partial charge is 0.261 e. The molecule has 0 aliphatic carbocycles. The Kier molecular flexibility index (Phi) is 7.17. The number of benzene rings is 2. The van der Waals surface area contributed by atoms with Gasteiger partial charge in [0, 0.05) is 32.2 Å². The zero-order chi connectivity index (χ0) is 20.8. The lowest BCUT2D eigenvalue weighted by Gasteiger charge is -2.29. The molecule has 2 N–H and O–H groups in total. The van der Waals surface area contributed by atoms with Crippen molar-refractivity contribution in [1.82, 2.24) is 10.2 Å². The zero-order valence-corrected chi connectivity index (χ0v) is 16.4. The molecule has 1 unspecified atom stereocenters. The monoisotopic (exact) mass is 404 g/mol. The van der Waals surface area contributed by atoms with Gasteiger partial charge in [0.1, 0.15) is 5.75 Å². The second-order valence-corrected chi connectivity index (χ2v) is 7.38. The lowest BCUT2D eigenvalue weighted by atomic mass is 10.1. The van der Waals surface area contributed by atoms with E-state index in [0.717, 1.165) is 50.2 Å². The highest BCUT2D eigenvalue weighted by molar-refractivity contribution is 5.80. The number of piperidine rings is 1. The van der Waals surface area contributed by atoms with E-state index in [1.54, 1.807) is 6.92 Å². The minimum Gasteiger partial charge on any atom is -0.481 e. The quantitative estimate of drug-likeness (QED) is 0.745. The van der Waals surface area contributed by atoms with Crippen LogP contribution in [0.1, 0.15) is 30.9 Å². The maximum atomic E-state index is 13.2. The molecule has 0 aromatic heterocycles. The molecule has 5 nitrogen and oxygen atoms in total. The first-order chi connectivity index (χ1) is 13.9. The Labute approximate surface area is 169 Å². The molecule has 29 heavy (non-hydrogen) atoms. The molecule has 1 aliphatic heterocycles. The van der Waals surface area contributed by atoms with Crippen LogP contribution in [-0.4, -0.2) is 41.2 Å². The summed E-state index contributed by atoms with van der Waals surface area (Å²) in [5.41, 5.74) is 2.14. The molecule has 1 aliphatic rings. The second-order valence-electron chi connectivity index (χ2n) is 7.38. The highest BCUT2D eigenvalue weighted by Crippen LogP contribution is 2.17. The molecule has 156 valence electrons. The van der Waals surface area contributed by atoms with Crippen molar-refractivity contribution >= 4 is 5.91 Å². The third-order valence-electron chi connectivity index (χ3n) is 5.03. The van der Waals surface area contributed by atoms with Gasteiger partial charge < -0.3 is 15.2 Å². The standard InChI is InChI=1S/C22H26F2N2O3/c1-15(29-19-6-7-20(23)21(24)12-19)22(28)25-13-16-2-4-17(5-3-16)14-26-10-8-18(27)9-11-26/h2-7,12,15,18,27H,8-11,13-14H2,1H3,(H,25,28). The van der Waals surface area contributed by atoms with E-state index in [2.05, 4.69) is 10.2 Å². The van der Waals surface area contributed by atoms with Crippen molar-refractivity contribution in [3.63, 3.8) is 0 Å². The maximum Gasteiger partial charge on any atom is 0.261 e. The van der Waals surface area contributed by atoms with E-state index in [-0.39, 0.29) is 17.8 Å². The topological polar surface area (TPSA) is 61.8 Å². The van der Waals surface area contributed by atoms with Crippen LogP contribution >= 0.6 is 0 Å². The minimum atomic E-state index is -1.02. The molecule has 0 saturated carbocycles. The molecule has 1 heterocycles. The Balaban J connectivity index is 1.45. The normalized spacial score (nSPS) is 16.4. The first-order valence-electron chi connectivity index (χ1n) is 9.78. The average Bonchev–Trinajstić information content (AvgIpc) is 2.71. The summed E-state index contributed by atoms with van der Waals surface area (Å²) in [6, 6.07) is 11.2. The van der Waals surface area contributed by atoms with E-state index in [9.17, 15) is 18.7 Å². The number of ether oxygens (including phenoxy) is 1. The fraction of sp³-hybridized carbons (Fsp3) is 0.409. The van der Waals surface area contributed by atoms with Crippen LogP contribution in [0.15, 0.2) is 42.5 Å². The van der Waals surface area contributed by atoms with Gasteiger partial charge in [0.2, 0.25) is 0 Å². The van der Waals surface area contributed by atoms with Gasteiger partial charge in [-0.15, -0.1) is 0 Å². The van der Waals surface area contributed by atoms with Crippen LogP contribution in [-0.2, 0) is 17.9 Å². The number of hydrogen-bond donors (Lipinski definition) is 2. The number of hydrogen-bond acceptors (Lipinski definition) is 4. The molecule has 1 saturated heterocycles. The Morgan fingerprint density at radius 1 is 1.14 bits per heavy atom. The van der Waals surface area contributed by atoms with Gasteiger partial charge in [-0.1, -0.05) is 24.3 Å². The predicted octanol–water partition coefficient (Wildman–Crippen LogP) is 3.01. The predicted molar refractivity (Wildman–Crippen MR) is 105 cm³/mol. The number of aliphatic hydroxyl groups excluding tert-OH is 1. The fourth-order valence-corrected chi connectivity index (χ4v) is 3.24. The van der Waals surface area contributed by atoms with Gasteiger partial charge >= 0.3 is 0 Å². The maximum absolute atomic E-state index is 13.2. The Morgan fingerprint density at radius 2 is 1.79 bits per heavy atom. The summed E-state index contributed by atoms with van der Waals surface area (Å²) in [5, 5.41) is 12.4. The number of carbonyl (C=O) groups excluding carboxylic acids is 1. The number of halogens is 2. The van der Waals surface area contributed by atoms with Crippen LogP contribution in [0.3, 0.4) is 0 Å². The molecule has 1 atom stereocenters. The van der Waals surface area contributed by atoms with E-state index in [4.69, 9.17) is 4.74 Å². The lowest BCUT2D eigenvalue weighted by molar-refractivity contribution is -0.127. The minimum absolute atomic E-state index is 0.0983. The van der Waals surface area contributed by atoms with Crippen molar-refractivity contribution in [2.75, 3.05) is 13.1 Å². The van der Waals surface area contributed by atoms with Crippen molar-refractivity contribution in [3.05, 3.63) is 65.2 Å². The van der Waals surface area contributed by atoms with Gasteiger partial charge in [0.15, 0.2) is 17.7 Å². The van der Waals surface area contributed by atoms with Gasteiger partial charge in [-0.3, -0.25) is 9.69 Å². The summed E-state index contributed by atoms with van der Waals surface area (Å²) in [5.74, 6) is -2.22. The summed E-state index contributed by atoms with van der Waals surface area (Å²) in [4.78, 5) is 14.5. The van der Waals surface area contributed by atoms with Crippen LogP contribution in [0, 0.1) is 11.6 Å². The summed E-state index contributed by atoms with van der Waals surface area (Å²) < 4.78 is 31.6. The number of aliphatic hydroxyl groups is 1. The van der Waals surface area contributed by atoms with Gasteiger partial charge in [0.25, 0.3) is 5.91 Å². The Hall–Kier alpha value is -2.51. The van der Waals surface area contributed by atoms with E-state index in [0.29, 0.717) is 6.54 Å². The number of rotatable bonds is 7. The molecule has 2 aromatic rings. The summed E-state index contributed by atoms with van der Waals surface area (Å²) in [6.45, 7) is 4.54. The summed E-state index contributed by atoms with van der Waals surface area (Å²) in [6.07, 6.45) is 0.614. The molecule has 3 rings (SSSR count). The van der Waals surface area contributed by atoms with E-state index >= 15 is 0 Å². The van der Waals surface area contributed by atoms with Gasteiger partial charge in [-0.2, -0.15) is 0 Å². The number of amides is 1. The number of nitrogens with one attached hydrogen (secondary N) is 1. The number of likely N-dealkylation sites (tertiary alicyclic amines) is 1. The number of carbonyl (C=O) groups is 1.